The van der Waals surface area contributed by atoms with Crippen molar-refractivity contribution in [3.63, 3.8) is 0 Å². The smallest absolute Gasteiger partial charge is 0.115 e. The number of hydrogen-bond donors (Lipinski definition) is 2. The number of phenolic OH excluding ortho intramolecular Hbond substituents is 1. The van der Waals surface area contributed by atoms with Gasteiger partial charge in [0.15, 0.2) is 0 Å². The van der Waals surface area contributed by atoms with E-state index >= 15 is 0 Å². The monoisotopic (exact) mass is 352 g/mol. The van der Waals surface area contributed by atoms with Crippen LogP contribution in [-0.4, -0.2) is 30.8 Å². The van der Waals surface area contributed by atoms with E-state index in [1.165, 1.54) is 5.69 Å². The van der Waals surface area contributed by atoms with Gasteiger partial charge in [-0.2, -0.15) is 0 Å². The molecule has 1 saturated heterocycles. The lowest BCUT2D eigenvalue weighted by molar-refractivity contribution is 0.474. The maximum atomic E-state index is 9.19. The van der Waals surface area contributed by atoms with Crippen LogP contribution in [0.1, 0.15) is 6.92 Å². The number of nitrogens with zero attached hydrogens (tertiary/aromatic N) is 1. The van der Waals surface area contributed by atoms with Crippen LogP contribution in [-0.2, 0) is 0 Å². The van der Waals surface area contributed by atoms with Crippen molar-refractivity contribution in [3.8, 4) is 5.75 Å². The van der Waals surface area contributed by atoms with Gasteiger partial charge in [0.05, 0.1) is 0 Å². The number of nitrogens with one attached hydrogen (secondary N) is 1. The number of aromatic hydroxyl groups is 1. The van der Waals surface area contributed by atoms with E-state index in [1.54, 1.807) is 12.1 Å². The molecule has 1 aromatic rings. The van der Waals surface area contributed by atoms with Gasteiger partial charge >= 0.3 is 0 Å². The highest BCUT2D eigenvalue weighted by atomic mass is 79.9. The molecule has 0 aromatic heterocycles. The van der Waals surface area contributed by atoms with Gasteiger partial charge in [-0.1, -0.05) is 0 Å². The fourth-order valence-corrected chi connectivity index (χ4v) is 1.87. The molecule has 0 spiro atoms. The standard InChI is InChI=1S/C11H16N2O.2BrH/c1-9-8-12-6-7-13(9)10-2-4-11(14)5-3-10;;/h2-5,9,12,14H,6-8H2,1H3;2*1H. The fraction of sp³-hybridized carbons (Fsp3) is 0.455. The van der Waals surface area contributed by atoms with Crippen LogP contribution >= 0.6 is 34.0 Å². The van der Waals surface area contributed by atoms with Crippen molar-refractivity contribution >= 4 is 39.7 Å². The Morgan fingerprint density at radius 1 is 1.25 bits per heavy atom. The zero-order valence-electron chi connectivity index (χ0n) is 9.22. The SMILES string of the molecule is Br.Br.CC1CNCCN1c1ccc(O)cc1. The number of anilines is 1. The Labute approximate surface area is 117 Å². The Morgan fingerprint density at radius 2 is 1.88 bits per heavy atom. The number of benzene rings is 1. The van der Waals surface area contributed by atoms with Crippen LogP contribution in [0.2, 0.25) is 0 Å². The normalized spacial score (nSPS) is 19.6. The molecule has 1 unspecified atom stereocenters. The number of piperazine rings is 1. The van der Waals surface area contributed by atoms with Crippen LogP contribution < -0.4 is 10.2 Å². The third kappa shape index (κ3) is 3.64. The lowest BCUT2D eigenvalue weighted by atomic mass is 10.2. The maximum absolute atomic E-state index is 9.19. The summed E-state index contributed by atoms with van der Waals surface area (Å²) in [6.07, 6.45) is 0. The summed E-state index contributed by atoms with van der Waals surface area (Å²) < 4.78 is 0. The molecule has 0 aliphatic carbocycles. The van der Waals surface area contributed by atoms with Crippen molar-refractivity contribution < 1.29 is 5.11 Å². The molecule has 2 N–H and O–H groups in total. The van der Waals surface area contributed by atoms with Crippen molar-refractivity contribution in [2.24, 2.45) is 0 Å². The molecular formula is C11H18Br2N2O. The van der Waals surface area contributed by atoms with E-state index in [4.69, 9.17) is 0 Å². The molecule has 0 radical (unpaired) electrons. The van der Waals surface area contributed by atoms with Crippen molar-refractivity contribution in [1.29, 1.82) is 0 Å². The molecule has 2 rings (SSSR count). The summed E-state index contributed by atoms with van der Waals surface area (Å²) in [4.78, 5) is 2.36. The minimum absolute atomic E-state index is 0. The summed E-state index contributed by atoms with van der Waals surface area (Å²) in [6.45, 7) is 5.30. The van der Waals surface area contributed by atoms with E-state index < -0.39 is 0 Å². The van der Waals surface area contributed by atoms with E-state index in [0.29, 0.717) is 11.8 Å². The minimum Gasteiger partial charge on any atom is -0.508 e. The first kappa shape index (κ1) is 15.7. The van der Waals surface area contributed by atoms with Crippen molar-refractivity contribution in [2.75, 3.05) is 24.5 Å². The lowest BCUT2D eigenvalue weighted by Crippen LogP contribution is -2.49. The molecule has 5 heteroatoms. The van der Waals surface area contributed by atoms with Gasteiger partial charge < -0.3 is 15.3 Å². The van der Waals surface area contributed by atoms with E-state index in [-0.39, 0.29) is 34.0 Å². The van der Waals surface area contributed by atoms with Crippen molar-refractivity contribution in [2.45, 2.75) is 13.0 Å². The summed E-state index contributed by atoms with van der Waals surface area (Å²) >= 11 is 0. The van der Waals surface area contributed by atoms with E-state index in [9.17, 15) is 5.11 Å². The zero-order valence-corrected chi connectivity index (χ0v) is 12.6. The van der Waals surface area contributed by atoms with Gasteiger partial charge in [0.25, 0.3) is 0 Å². The topological polar surface area (TPSA) is 35.5 Å². The molecule has 0 amide bonds. The third-order valence-electron chi connectivity index (χ3n) is 2.68. The van der Waals surface area contributed by atoms with E-state index in [0.717, 1.165) is 19.6 Å². The molecule has 1 fully saturated rings. The highest BCUT2D eigenvalue weighted by Gasteiger charge is 2.17. The summed E-state index contributed by atoms with van der Waals surface area (Å²) in [5, 5.41) is 12.5. The number of phenols is 1. The molecule has 1 aromatic carbocycles. The van der Waals surface area contributed by atoms with Crippen LogP contribution in [0.15, 0.2) is 24.3 Å². The minimum atomic E-state index is 0. The van der Waals surface area contributed by atoms with Gasteiger partial charge in [0, 0.05) is 31.4 Å². The van der Waals surface area contributed by atoms with Gasteiger partial charge in [0.2, 0.25) is 0 Å². The first-order valence-electron chi connectivity index (χ1n) is 5.04. The molecule has 0 saturated carbocycles. The van der Waals surface area contributed by atoms with Gasteiger partial charge in [-0.25, -0.2) is 0 Å². The second-order valence-electron chi connectivity index (χ2n) is 3.76. The Balaban J connectivity index is 0.00000112. The molecule has 1 aliphatic heterocycles. The summed E-state index contributed by atoms with van der Waals surface area (Å²) in [6, 6.07) is 7.94. The van der Waals surface area contributed by atoms with Crippen LogP contribution in [0.4, 0.5) is 5.69 Å². The zero-order chi connectivity index (χ0) is 9.97. The van der Waals surface area contributed by atoms with Crippen LogP contribution in [0.5, 0.6) is 5.75 Å². The first-order valence-corrected chi connectivity index (χ1v) is 5.04. The van der Waals surface area contributed by atoms with Gasteiger partial charge in [-0.3, -0.25) is 0 Å². The van der Waals surface area contributed by atoms with Crippen molar-refractivity contribution in [3.05, 3.63) is 24.3 Å². The molecule has 92 valence electrons. The van der Waals surface area contributed by atoms with Crippen LogP contribution in [0.3, 0.4) is 0 Å². The average molecular weight is 354 g/mol. The van der Waals surface area contributed by atoms with Crippen LogP contribution in [0.25, 0.3) is 0 Å². The second kappa shape index (κ2) is 7.14. The Bertz CT molecular complexity index is 305. The molecular weight excluding hydrogens is 336 g/mol. The number of hydrogen-bond acceptors (Lipinski definition) is 3. The Kier molecular flexibility index (Phi) is 7.03. The first-order chi connectivity index (χ1) is 6.77. The molecule has 1 atom stereocenters. The van der Waals surface area contributed by atoms with E-state index in [2.05, 4.69) is 17.1 Å². The largest absolute Gasteiger partial charge is 0.508 e. The van der Waals surface area contributed by atoms with Crippen molar-refractivity contribution in [1.82, 2.24) is 5.32 Å². The predicted octanol–water partition coefficient (Wildman–Crippen LogP) is 2.35. The number of halogens is 2. The molecule has 0 bridgehead atoms. The molecule has 3 nitrogen and oxygen atoms in total. The summed E-state index contributed by atoms with van der Waals surface area (Å²) in [7, 11) is 0. The van der Waals surface area contributed by atoms with Gasteiger partial charge in [0.1, 0.15) is 5.75 Å². The van der Waals surface area contributed by atoms with E-state index in [1.807, 2.05) is 12.1 Å². The van der Waals surface area contributed by atoms with Crippen LogP contribution in [0, 0.1) is 0 Å². The molecule has 1 aliphatic rings. The summed E-state index contributed by atoms with van der Waals surface area (Å²) in [5.74, 6) is 0.330. The third-order valence-corrected chi connectivity index (χ3v) is 2.68. The quantitative estimate of drug-likeness (QED) is 0.813. The van der Waals surface area contributed by atoms with Gasteiger partial charge in [-0.15, -0.1) is 34.0 Å². The molecule has 1 heterocycles. The highest BCUT2D eigenvalue weighted by molar-refractivity contribution is 8.93. The highest BCUT2D eigenvalue weighted by Crippen LogP contribution is 2.20. The Hall–Kier alpha value is -0.260. The summed E-state index contributed by atoms with van der Waals surface area (Å²) in [5.41, 5.74) is 1.19. The predicted molar refractivity (Wildman–Crippen MR) is 78.4 cm³/mol. The molecule has 16 heavy (non-hydrogen) atoms. The fourth-order valence-electron chi connectivity index (χ4n) is 1.87. The van der Waals surface area contributed by atoms with Gasteiger partial charge in [-0.05, 0) is 31.2 Å². The maximum Gasteiger partial charge on any atom is 0.115 e. The number of rotatable bonds is 1. The lowest BCUT2D eigenvalue weighted by Gasteiger charge is -2.35. The Morgan fingerprint density at radius 3 is 2.44 bits per heavy atom. The second-order valence-corrected chi connectivity index (χ2v) is 3.76. The average Bonchev–Trinajstić information content (AvgIpc) is 2.20.